The molecule has 3 nitrogen and oxygen atoms in total. The number of carbonyl (C=O) groups is 1. The van der Waals surface area contributed by atoms with Gasteiger partial charge in [0.25, 0.3) is 5.91 Å². The largest absolute Gasteiger partial charge is 0.349 e. The highest BCUT2D eigenvalue weighted by Crippen LogP contribution is 2.49. The molecule has 0 radical (unpaired) electrons. The van der Waals surface area contributed by atoms with Gasteiger partial charge in [-0.15, -0.1) is 0 Å². The molecule has 3 aromatic rings. The van der Waals surface area contributed by atoms with Gasteiger partial charge in [0.15, 0.2) is 0 Å². The van der Waals surface area contributed by atoms with Crippen molar-refractivity contribution in [3.05, 3.63) is 65.7 Å². The maximum absolute atomic E-state index is 13.3. The number of pyridine rings is 1. The number of rotatable bonds is 4. The Morgan fingerprint density at radius 1 is 1.07 bits per heavy atom. The highest BCUT2D eigenvalue weighted by molar-refractivity contribution is 6.07. The van der Waals surface area contributed by atoms with Gasteiger partial charge in [0.2, 0.25) is 0 Å². The van der Waals surface area contributed by atoms with Crippen LogP contribution in [0.5, 0.6) is 0 Å². The number of hydrogen-bond donors (Lipinski definition) is 1. The fourth-order valence-electron chi connectivity index (χ4n) is 5.61. The molecule has 2 aromatic carbocycles. The normalized spacial score (nSPS) is 24.0. The van der Waals surface area contributed by atoms with Crippen molar-refractivity contribution >= 4 is 16.8 Å². The summed E-state index contributed by atoms with van der Waals surface area (Å²) in [5.41, 5.74) is 4.68. The Labute approximate surface area is 172 Å². The Kier molecular flexibility index (Phi) is 4.61. The third-order valence-corrected chi connectivity index (χ3v) is 7.07. The zero-order valence-electron chi connectivity index (χ0n) is 17.2. The molecule has 4 atom stereocenters. The van der Waals surface area contributed by atoms with Gasteiger partial charge in [-0.2, -0.15) is 0 Å². The van der Waals surface area contributed by atoms with Crippen molar-refractivity contribution in [1.29, 1.82) is 0 Å². The van der Waals surface area contributed by atoms with E-state index in [-0.39, 0.29) is 11.9 Å². The summed E-state index contributed by atoms with van der Waals surface area (Å²) in [5.74, 6) is 2.33. The number of nitrogens with zero attached hydrogens (tertiary/aromatic N) is 1. The molecule has 1 heterocycles. The summed E-state index contributed by atoms with van der Waals surface area (Å²) >= 11 is 0. The van der Waals surface area contributed by atoms with E-state index >= 15 is 0 Å². The average Bonchev–Trinajstić information content (AvgIpc) is 3.36. The molecular weight excluding hydrogens is 356 g/mol. The first-order chi connectivity index (χ1) is 14.1. The fourth-order valence-corrected chi connectivity index (χ4v) is 5.61. The zero-order valence-corrected chi connectivity index (χ0v) is 17.2. The number of fused-ring (bicyclic) bond motifs is 3. The molecule has 0 spiro atoms. The van der Waals surface area contributed by atoms with E-state index in [0.29, 0.717) is 5.92 Å². The van der Waals surface area contributed by atoms with Crippen LogP contribution in [0.3, 0.4) is 0 Å². The Morgan fingerprint density at radius 2 is 1.93 bits per heavy atom. The van der Waals surface area contributed by atoms with Gasteiger partial charge in [0.05, 0.1) is 16.8 Å². The van der Waals surface area contributed by atoms with Gasteiger partial charge in [-0.25, -0.2) is 4.98 Å². The molecular formula is C26H28N2O. The van der Waals surface area contributed by atoms with Crippen LogP contribution in [-0.2, 0) is 0 Å². The zero-order chi connectivity index (χ0) is 20.0. The van der Waals surface area contributed by atoms with Crippen molar-refractivity contribution in [2.45, 2.75) is 45.6 Å². The van der Waals surface area contributed by atoms with E-state index in [1.807, 2.05) is 36.4 Å². The summed E-state index contributed by atoms with van der Waals surface area (Å²) in [6.07, 6.45) is 5.36. The summed E-state index contributed by atoms with van der Waals surface area (Å²) in [6, 6.07) is 18.4. The highest BCUT2D eigenvalue weighted by Gasteiger charge is 2.42. The van der Waals surface area contributed by atoms with E-state index < -0.39 is 0 Å². The van der Waals surface area contributed by atoms with Crippen molar-refractivity contribution < 1.29 is 4.79 Å². The number of aromatic nitrogens is 1. The van der Waals surface area contributed by atoms with Crippen LogP contribution in [0.1, 0.15) is 48.5 Å². The second kappa shape index (κ2) is 7.29. The van der Waals surface area contributed by atoms with Crippen molar-refractivity contribution in [1.82, 2.24) is 10.3 Å². The van der Waals surface area contributed by atoms with Crippen molar-refractivity contribution in [3.63, 3.8) is 0 Å². The molecule has 4 unspecified atom stereocenters. The first-order valence-corrected chi connectivity index (χ1v) is 10.9. The molecule has 29 heavy (non-hydrogen) atoms. The molecule has 1 N–H and O–H groups in total. The number of nitrogens with one attached hydrogen (secondary N) is 1. The van der Waals surface area contributed by atoms with Crippen molar-refractivity contribution in [3.8, 4) is 11.3 Å². The number of benzene rings is 2. The molecule has 5 rings (SSSR count). The SMILES string of the molecule is Cc1cccc(-c2cc(C(=O)NC(C)C3CC4CCC3C4)c3ccccc3n2)c1. The molecule has 3 heteroatoms. The van der Waals surface area contributed by atoms with Crippen molar-refractivity contribution in [2.75, 3.05) is 0 Å². The summed E-state index contributed by atoms with van der Waals surface area (Å²) in [7, 11) is 0. The Morgan fingerprint density at radius 3 is 2.69 bits per heavy atom. The summed E-state index contributed by atoms with van der Waals surface area (Å²) in [5, 5.41) is 4.26. The van der Waals surface area contributed by atoms with Gasteiger partial charge in [0, 0.05) is 17.0 Å². The van der Waals surface area contributed by atoms with E-state index in [1.54, 1.807) is 0 Å². The minimum absolute atomic E-state index is 0.0211. The van der Waals surface area contributed by atoms with E-state index in [9.17, 15) is 4.79 Å². The van der Waals surface area contributed by atoms with Crippen LogP contribution in [-0.4, -0.2) is 16.9 Å². The number of amides is 1. The number of hydrogen-bond acceptors (Lipinski definition) is 2. The number of para-hydroxylation sites is 1. The average molecular weight is 385 g/mol. The fraction of sp³-hybridized carbons (Fsp3) is 0.385. The Bertz CT molecular complexity index is 1070. The summed E-state index contributed by atoms with van der Waals surface area (Å²) < 4.78 is 0. The topological polar surface area (TPSA) is 42.0 Å². The van der Waals surface area contributed by atoms with Gasteiger partial charge in [0.1, 0.15) is 0 Å². The first-order valence-electron chi connectivity index (χ1n) is 10.9. The van der Waals surface area contributed by atoms with E-state index in [1.165, 1.54) is 31.2 Å². The number of aryl methyl sites for hydroxylation is 1. The minimum atomic E-state index is 0.0211. The molecule has 0 aliphatic heterocycles. The van der Waals surface area contributed by atoms with Gasteiger partial charge in [-0.05, 0) is 69.1 Å². The summed E-state index contributed by atoms with van der Waals surface area (Å²) in [4.78, 5) is 18.2. The molecule has 1 aromatic heterocycles. The predicted octanol–water partition coefficient (Wildman–Crippen LogP) is 5.76. The Balaban J connectivity index is 1.48. The Hall–Kier alpha value is -2.68. The lowest BCUT2D eigenvalue weighted by atomic mass is 9.84. The maximum atomic E-state index is 13.3. The van der Waals surface area contributed by atoms with Gasteiger partial charge >= 0.3 is 0 Å². The highest BCUT2D eigenvalue weighted by atomic mass is 16.1. The van der Waals surface area contributed by atoms with Crippen LogP contribution in [0.15, 0.2) is 54.6 Å². The molecule has 0 saturated heterocycles. The van der Waals surface area contributed by atoms with Crippen LogP contribution in [0.4, 0.5) is 0 Å². The monoisotopic (exact) mass is 384 g/mol. The van der Waals surface area contributed by atoms with E-state index in [2.05, 4.69) is 37.4 Å². The van der Waals surface area contributed by atoms with Crippen LogP contribution >= 0.6 is 0 Å². The summed E-state index contributed by atoms with van der Waals surface area (Å²) in [6.45, 7) is 4.27. The maximum Gasteiger partial charge on any atom is 0.252 e. The first kappa shape index (κ1) is 18.4. The smallest absolute Gasteiger partial charge is 0.252 e. The molecule has 2 aliphatic rings. The third-order valence-electron chi connectivity index (χ3n) is 7.07. The van der Waals surface area contributed by atoms with Crippen LogP contribution in [0, 0.1) is 24.7 Å². The lowest BCUT2D eigenvalue weighted by Crippen LogP contribution is -2.40. The third kappa shape index (κ3) is 3.43. The lowest BCUT2D eigenvalue weighted by Gasteiger charge is -2.28. The van der Waals surface area contributed by atoms with Crippen LogP contribution < -0.4 is 5.32 Å². The lowest BCUT2D eigenvalue weighted by molar-refractivity contribution is 0.0917. The van der Waals surface area contributed by atoms with E-state index in [0.717, 1.165) is 39.6 Å². The number of carbonyl (C=O) groups excluding carboxylic acids is 1. The second-order valence-electron chi connectivity index (χ2n) is 9.04. The van der Waals surface area contributed by atoms with Gasteiger partial charge < -0.3 is 5.32 Å². The van der Waals surface area contributed by atoms with Crippen LogP contribution in [0.2, 0.25) is 0 Å². The van der Waals surface area contributed by atoms with Crippen molar-refractivity contribution in [2.24, 2.45) is 17.8 Å². The predicted molar refractivity (Wildman–Crippen MR) is 118 cm³/mol. The molecule has 2 bridgehead atoms. The standard InChI is InChI=1S/C26H28N2O/c1-16-6-5-7-20(12-16)25-15-23(21-8-3-4-9-24(21)28-25)26(29)27-17(2)22-14-18-10-11-19(22)13-18/h3-9,12,15,17-19,22H,10-11,13-14H2,1-2H3,(H,27,29). The second-order valence-corrected chi connectivity index (χ2v) is 9.04. The van der Waals surface area contributed by atoms with Crippen LogP contribution in [0.25, 0.3) is 22.2 Å². The van der Waals surface area contributed by atoms with E-state index in [4.69, 9.17) is 4.98 Å². The minimum Gasteiger partial charge on any atom is -0.349 e. The molecule has 148 valence electrons. The molecule has 2 aliphatic carbocycles. The molecule has 1 amide bonds. The molecule has 2 saturated carbocycles. The quantitative estimate of drug-likeness (QED) is 0.621. The van der Waals surface area contributed by atoms with Gasteiger partial charge in [-0.3, -0.25) is 4.79 Å². The molecule has 2 fully saturated rings. The van der Waals surface area contributed by atoms with Gasteiger partial charge in [-0.1, -0.05) is 48.4 Å².